The van der Waals surface area contributed by atoms with Crippen LogP contribution in [0.5, 0.6) is 0 Å². The zero-order chi connectivity index (χ0) is 11.8. The molecule has 0 radical (unpaired) electrons. The lowest BCUT2D eigenvalue weighted by atomic mass is 10.2. The molecule has 0 unspecified atom stereocenters. The second-order valence-electron chi connectivity index (χ2n) is 3.16. The molecule has 0 N–H and O–H groups in total. The summed E-state index contributed by atoms with van der Waals surface area (Å²) in [4.78, 5) is 16.3. The van der Waals surface area contributed by atoms with E-state index in [0.29, 0.717) is 6.61 Å². The van der Waals surface area contributed by atoms with Gasteiger partial charge in [-0.1, -0.05) is 36.4 Å². The first-order valence-electron chi connectivity index (χ1n) is 5.01. The highest BCUT2D eigenvalue weighted by atomic mass is 16.7. The number of nitrogens with zero attached hydrogens (tertiary/aromatic N) is 1. The van der Waals surface area contributed by atoms with E-state index in [9.17, 15) is 4.79 Å². The Kier molecular flexibility index (Phi) is 5.02. The van der Waals surface area contributed by atoms with Gasteiger partial charge in [0.2, 0.25) is 5.91 Å². The zero-order valence-electron chi connectivity index (χ0n) is 9.30. The van der Waals surface area contributed by atoms with Crippen molar-refractivity contribution in [1.82, 2.24) is 5.06 Å². The van der Waals surface area contributed by atoms with Gasteiger partial charge in [0, 0.05) is 13.1 Å². The lowest BCUT2D eigenvalue weighted by molar-refractivity contribution is -0.164. The van der Waals surface area contributed by atoms with Crippen molar-refractivity contribution in [3.05, 3.63) is 54.8 Å². The van der Waals surface area contributed by atoms with Gasteiger partial charge < -0.3 is 0 Å². The maximum atomic E-state index is 11.2. The van der Waals surface area contributed by atoms with Crippen molar-refractivity contribution < 1.29 is 9.63 Å². The molecule has 1 rings (SSSR count). The largest absolute Gasteiger partial charge is 0.273 e. The highest BCUT2D eigenvalue weighted by molar-refractivity contribution is 5.74. The summed E-state index contributed by atoms with van der Waals surface area (Å²) in [5, 5.41) is 1.19. The Labute approximate surface area is 95.6 Å². The van der Waals surface area contributed by atoms with Gasteiger partial charge in [-0.2, -0.15) is 5.06 Å². The van der Waals surface area contributed by atoms with Crippen LogP contribution in [0.3, 0.4) is 0 Å². The van der Waals surface area contributed by atoms with E-state index in [0.717, 1.165) is 5.56 Å². The fraction of sp³-hybridized carbons (Fsp3) is 0.154. The highest BCUT2D eigenvalue weighted by Crippen LogP contribution is 2.03. The van der Waals surface area contributed by atoms with Gasteiger partial charge in [0.05, 0.1) is 6.61 Å². The molecular weight excluding hydrogens is 202 g/mol. The molecule has 84 valence electrons. The molecule has 3 heteroatoms. The van der Waals surface area contributed by atoms with Crippen LogP contribution in [-0.4, -0.2) is 17.6 Å². The molecule has 0 bridgehead atoms. The number of rotatable bonds is 5. The maximum absolute atomic E-state index is 11.2. The number of hydrogen-bond donors (Lipinski definition) is 0. The van der Waals surface area contributed by atoms with Gasteiger partial charge in [0.25, 0.3) is 0 Å². The number of hydrogen-bond acceptors (Lipinski definition) is 2. The molecule has 0 aliphatic rings. The average molecular weight is 217 g/mol. The molecule has 16 heavy (non-hydrogen) atoms. The van der Waals surface area contributed by atoms with Crippen LogP contribution in [0.2, 0.25) is 0 Å². The first-order chi connectivity index (χ1) is 7.74. The van der Waals surface area contributed by atoms with Gasteiger partial charge in [0.15, 0.2) is 0 Å². The summed E-state index contributed by atoms with van der Waals surface area (Å²) in [5.74, 6) is -0.172. The van der Waals surface area contributed by atoms with Crippen molar-refractivity contribution in [3.63, 3.8) is 0 Å². The van der Waals surface area contributed by atoms with Crippen molar-refractivity contribution in [2.45, 2.75) is 6.92 Å². The highest BCUT2D eigenvalue weighted by Gasteiger charge is 2.03. The average Bonchev–Trinajstić information content (AvgIpc) is 2.30. The van der Waals surface area contributed by atoms with Crippen molar-refractivity contribution in [2.75, 3.05) is 6.61 Å². The minimum absolute atomic E-state index is 0.172. The molecule has 0 saturated heterocycles. The van der Waals surface area contributed by atoms with Crippen LogP contribution in [0.4, 0.5) is 0 Å². The lowest BCUT2D eigenvalue weighted by Gasteiger charge is -2.14. The van der Waals surface area contributed by atoms with Crippen molar-refractivity contribution >= 4 is 12.0 Å². The second kappa shape index (κ2) is 6.58. The van der Waals surface area contributed by atoms with Crippen LogP contribution in [0.25, 0.3) is 6.08 Å². The van der Waals surface area contributed by atoms with Crippen LogP contribution in [0.15, 0.2) is 49.2 Å². The maximum Gasteiger partial charge on any atom is 0.247 e. The minimum Gasteiger partial charge on any atom is -0.273 e. The number of amides is 1. The molecule has 0 heterocycles. The Balaban J connectivity index is 2.64. The summed E-state index contributed by atoms with van der Waals surface area (Å²) in [6.07, 6.45) is 5.00. The molecule has 1 amide bonds. The van der Waals surface area contributed by atoms with Crippen molar-refractivity contribution in [1.29, 1.82) is 0 Å². The standard InChI is InChI=1S/C13H15NO2/c1-3-11-16-14(12(2)15)10-9-13-7-5-4-6-8-13/h3-10H,1,11H2,2H3/b10-9+. The lowest BCUT2D eigenvalue weighted by Crippen LogP contribution is -2.23. The van der Waals surface area contributed by atoms with E-state index >= 15 is 0 Å². The summed E-state index contributed by atoms with van der Waals surface area (Å²) in [6.45, 7) is 5.27. The van der Waals surface area contributed by atoms with Gasteiger partial charge in [-0.3, -0.25) is 9.63 Å². The molecule has 1 aromatic rings. The van der Waals surface area contributed by atoms with Crippen LogP contribution in [0, 0.1) is 0 Å². The van der Waals surface area contributed by atoms with E-state index in [2.05, 4.69) is 6.58 Å². The monoisotopic (exact) mass is 217 g/mol. The normalized spacial score (nSPS) is 10.3. The molecule has 0 aliphatic heterocycles. The topological polar surface area (TPSA) is 29.5 Å². The van der Waals surface area contributed by atoms with Gasteiger partial charge in [-0.05, 0) is 11.6 Å². The van der Waals surface area contributed by atoms with Crippen molar-refractivity contribution in [2.24, 2.45) is 0 Å². The van der Waals surface area contributed by atoms with E-state index in [1.807, 2.05) is 36.4 Å². The number of carbonyl (C=O) groups excluding carboxylic acids is 1. The first-order valence-corrected chi connectivity index (χ1v) is 5.01. The second-order valence-corrected chi connectivity index (χ2v) is 3.16. The molecule has 0 atom stereocenters. The number of hydroxylamine groups is 2. The smallest absolute Gasteiger partial charge is 0.247 e. The Bertz CT molecular complexity index is 371. The summed E-state index contributed by atoms with van der Waals surface area (Å²) in [6, 6.07) is 9.70. The van der Waals surface area contributed by atoms with Gasteiger partial charge in [-0.15, -0.1) is 6.58 Å². The predicted molar refractivity (Wildman–Crippen MR) is 64.1 cm³/mol. The van der Waals surface area contributed by atoms with Crippen LogP contribution < -0.4 is 0 Å². The van der Waals surface area contributed by atoms with Crippen LogP contribution >= 0.6 is 0 Å². The van der Waals surface area contributed by atoms with E-state index in [4.69, 9.17) is 4.84 Å². The first kappa shape index (κ1) is 12.2. The number of benzene rings is 1. The molecule has 0 spiro atoms. The Morgan fingerprint density at radius 1 is 1.44 bits per heavy atom. The Morgan fingerprint density at radius 2 is 2.12 bits per heavy atom. The molecule has 0 fully saturated rings. The Hall–Kier alpha value is -1.87. The third-order valence-corrected chi connectivity index (χ3v) is 1.84. The fourth-order valence-electron chi connectivity index (χ4n) is 1.09. The van der Waals surface area contributed by atoms with Gasteiger partial charge >= 0.3 is 0 Å². The SMILES string of the molecule is C=CCON(/C=C/c1ccccc1)C(C)=O. The third kappa shape index (κ3) is 4.11. The van der Waals surface area contributed by atoms with Gasteiger partial charge in [-0.25, -0.2) is 0 Å². The molecular formula is C13H15NO2. The van der Waals surface area contributed by atoms with Crippen LogP contribution in [0.1, 0.15) is 12.5 Å². The molecule has 1 aromatic carbocycles. The summed E-state index contributed by atoms with van der Waals surface area (Å²) < 4.78 is 0. The van der Waals surface area contributed by atoms with E-state index < -0.39 is 0 Å². The zero-order valence-corrected chi connectivity index (χ0v) is 9.30. The summed E-state index contributed by atoms with van der Waals surface area (Å²) >= 11 is 0. The van der Waals surface area contributed by atoms with Crippen LogP contribution in [-0.2, 0) is 9.63 Å². The van der Waals surface area contributed by atoms with Crippen molar-refractivity contribution in [3.8, 4) is 0 Å². The third-order valence-electron chi connectivity index (χ3n) is 1.84. The summed E-state index contributed by atoms with van der Waals surface area (Å²) in [5.41, 5.74) is 1.01. The molecule has 0 aliphatic carbocycles. The quantitative estimate of drug-likeness (QED) is 0.560. The molecule has 0 saturated carbocycles. The Morgan fingerprint density at radius 3 is 2.69 bits per heavy atom. The summed E-state index contributed by atoms with van der Waals surface area (Å²) in [7, 11) is 0. The number of carbonyl (C=O) groups is 1. The van der Waals surface area contributed by atoms with Gasteiger partial charge in [0.1, 0.15) is 0 Å². The van der Waals surface area contributed by atoms with E-state index in [-0.39, 0.29) is 5.91 Å². The predicted octanol–water partition coefficient (Wildman–Crippen LogP) is 2.62. The molecule has 3 nitrogen and oxygen atoms in total. The molecule has 0 aromatic heterocycles. The van der Waals surface area contributed by atoms with E-state index in [1.54, 1.807) is 12.3 Å². The van der Waals surface area contributed by atoms with E-state index in [1.165, 1.54) is 12.0 Å². The minimum atomic E-state index is -0.172. The fourth-order valence-corrected chi connectivity index (χ4v) is 1.09.